The Bertz CT molecular complexity index is 1510. The van der Waals surface area contributed by atoms with Gasteiger partial charge in [0.15, 0.2) is 11.6 Å². The Morgan fingerprint density at radius 3 is 2.45 bits per heavy atom. The number of carbonyl (C=O) groups excluding carboxylic acids is 1. The molecule has 4 heterocycles. The van der Waals surface area contributed by atoms with E-state index >= 15 is 0 Å². The molecule has 0 saturated carbocycles. The van der Waals surface area contributed by atoms with Crippen molar-refractivity contribution in [1.29, 1.82) is 0 Å². The van der Waals surface area contributed by atoms with Crippen LogP contribution >= 0.6 is 0 Å². The Morgan fingerprint density at radius 1 is 1.05 bits per heavy atom. The van der Waals surface area contributed by atoms with Gasteiger partial charge in [0.25, 0.3) is 0 Å². The number of nitrogens with zero attached hydrogens (tertiary/aromatic N) is 4. The van der Waals surface area contributed by atoms with E-state index in [4.69, 9.17) is 19.0 Å². The Balaban J connectivity index is 0.000000972. The predicted octanol–water partition coefficient (Wildman–Crippen LogP) is 8.12. The van der Waals surface area contributed by atoms with Crippen LogP contribution in [0.15, 0.2) is 40.9 Å². The number of fused-ring (bicyclic) bond motifs is 1. The maximum absolute atomic E-state index is 14.7. The summed E-state index contributed by atoms with van der Waals surface area (Å²) in [6.07, 6.45) is 2.80. The number of aromatic nitrogens is 3. The fraction of sp³-hybridized carbons (Fsp3) is 0.485. The van der Waals surface area contributed by atoms with Gasteiger partial charge in [-0.1, -0.05) is 38.9 Å². The van der Waals surface area contributed by atoms with Crippen molar-refractivity contribution in [1.82, 2.24) is 14.7 Å². The molecule has 8 nitrogen and oxygen atoms in total. The fourth-order valence-corrected chi connectivity index (χ4v) is 6.05. The molecule has 2 aromatic heterocycles. The van der Waals surface area contributed by atoms with Gasteiger partial charge in [0.05, 0.1) is 36.0 Å². The molecule has 2 aliphatic rings. The highest BCUT2D eigenvalue weighted by molar-refractivity contribution is 5.96. The Kier molecular flexibility index (Phi) is 10.0. The first kappa shape index (κ1) is 31.2. The second kappa shape index (κ2) is 13.5. The third kappa shape index (κ3) is 5.79. The van der Waals surface area contributed by atoms with Gasteiger partial charge in [-0.05, 0) is 69.9 Å². The van der Waals surface area contributed by atoms with Gasteiger partial charge in [0, 0.05) is 36.4 Å². The number of ether oxygens (including phenoxy) is 2. The summed E-state index contributed by atoms with van der Waals surface area (Å²) < 4.78 is 33.3. The number of hydrogen-bond acceptors (Lipinski definition) is 6. The van der Waals surface area contributed by atoms with Crippen LogP contribution in [-0.2, 0) is 9.53 Å². The molecule has 0 spiro atoms. The van der Waals surface area contributed by atoms with Gasteiger partial charge in [-0.15, -0.1) is 0 Å². The summed E-state index contributed by atoms with van der Waals surface area (Å²) in [7, 11) is 1.43. The average molecular weight is 579 g/mol. The lowest BCUT2D eigenvalue weighted by molar-refractivity contribution is -0.117. The number of anilines is 1. The second-order valence-corrected chi connectivity index (χ2v) is 10.2. The highest BCUT2D eigenvalue weighted by atomic mass is 19.1. The van der Waals surface area contributed by atoms with Crippen molar-refractivity contribution in [2.45, 2.75) is 92.3 Å². The number of hydrogen-bond donors (Lipinski definition) is 0. The molecule has 6 rings (SSSR count). The van der Waals surface area contributed by atoms with Gasteiger partial charge in [-0.25, -0.2) is 9.37 Å². The molecule has 226 valence electrons. The molecular weight excluding hydrogens is 535 g/mol. The maximum atomic E-state index is 14.7. The lowest BCUT2D eigenvalue weighted by Crippen LogP contribution is -2.32. The molecule has 42 heavy (non-hydrogen) atoms. The van der Waals surface area contributed by atoms with E-state index in [0.717, 1.165) is 52.3 Å². The Hall–Kier alpha value is -3.72. The van der Waals surface area contributed by atoms with E-state index in [0.29, 0.717) is 25.1 Å². The number of aryl methyl sites for hydroxylation is 2. The van der Waals surface area contributed by atoms with Crippen LogP contribution in [0.3, 0.4) is 0 Å². The summed E-state index contributed by atoms with van der Waals surface area (Å²) in [5.41, 5.74) is 5.14. The highest BCUT2D eigenvalue weighted by Gasteiger charge is 2.38. The lowest BCUT2D eigenvalue weighted by Gasteiger charge is -2.32. The van der Waals surface area contributed by atoms with Gasteiger partial charge in [0.2, 0.25) is 5.91 Å². The standard InChI is InChI=1S/C29H31FN4O4.2C2H6/c1-16-13-21(11-12-37-16)34-24-7-5-19(28-17(2)32-38-18(28)3)14-23(24)31-29(34)25-8-10-27(35)33(25)20-6-9-26(36-4)22(30)15-20;2*1-2/h5-7,9,14-16,21,25H,8,10-13H2,1-4H3;2*1-2H3/t16?,21?,25-;;/m0../s1. The molecule has 0 radical (unpaired) electrons. The van der Waals surface area contributed by atoms with Gasteiger partial charge in [0.1, 0.15) is 11.6 Å². The third-order valence-corrected chi connectivity index (χ3v) is 7.79. The van der Waals surface area contributed by atoms with Gasteiger partial charge >= 0.3 is 0 Å². The van der Waals surface area contributed by atoms with Crippen molar-refractivity contribution in [3.8, 4) is 16.9 Å². The first-order chi connectivity index (χ1) is 20.4. The van der Waals surface area contributed by atoms with Crippen LogP contribution in [-0.4, -0.2) is 40.4 Å². The number of carbonyl (C=O) groups is 1. The number of rotatable bonds is 5. The van der Waals surface area contributed by atoms with Crippen LogP contribution in [0.1, 0.15) is 89.7 Å². The Labute approximate surface area is 247 Å². The van der Waals surface area contributed by atoms with E-state index in [1.165, 1.54) is 13.2 Å². The van der Waals surface area contributed by atoms with E-state index in [2.05, 4.69) is 34.8 Å². The number of halogens is 1. The zero-order chi connectivity index (χ0) is 30.6. The SMILES string of the molecule is CC.CC.COc1ccc(N2C(=O)CC[C@H]2c2nc3cc(-c4c(C)noc4C)ccc3n2C2CCOC(C)C2)cc1F. The van der Waals surface area contributed by atoms with Gasteiger partial charge < -0.3 is 23.5 Å². The van der Waals surface area contributed by atoms with Crippen LogP contribution in [0, 0.1) is 19.7 Å². The molecule has 2 aliphatic heterocycles. The number of benzene rings is 2. The van der Waals surface area contributed by atoms with Crippen LogP contribution < -0.4 is 9.64 Å². The van der Waals surface area contributed by atoms with E-state index < -0.39 is 5.82 Å². The first-order valence-electron chi connectivity index (χ1n) is 15.1. The molecule has 2 fully saturated rings. The fourth-order valence-electron chi connectivity index (χ4n) is 6.05. The van der Waals surface area contributed by atoms with Crippen LogP contribution in [0.2, 0.25) is 0 Å². The summed E-state index contributed by atoms with van der Waals surface area (Å²) in [5.74, 6) is 1.17. The van der Waals surface area contributed by atoms with Crippen molar-refractivity contribution >= 4 is 22.6 Å². The largest absolute Gasteiger partial charge is 0.494 e. The summed E-state index contributed by atoms with van der Waals surface area (Å²) >= 11 is 0. The minimum absolute atomic E-state index is 0.0464. The summed E-state index contributed by atoms with van der Waals surface area (Å²) in [6, 6.07) is 10.8. The lowest BCUT2D eigenvalue weighted by atomic mass is 10.0. The molecule has 3 atom stereocenters. The minimum Gasteiger partial charge on any atom is -0.494 e. The third-order valence-electron chi connectivity index (χ3n) is 7.79. The topological polar surface area (TPSA) is 82.6 Å². The molecule has 2 aromatic carbocycles. The molecule has 1 amide bonds. The van der Waals surface area contributed by atoms with Crippen molar-refractivity contribution in [3.63, 3.8) is 0 Å². The summed E-state index contributed by atoms with van der Waals surface area (Å²) in [5, 5.41) is 4.11. The Morgan fingerprint density at radius 2 is 1.81 bits per heavy atom. The summed E-state index contributed by atoms with van der Waals surface area (Å²) in [6.45, 7) is 14.6. The van der Waals surface area contributed by atoms with Gasteiger partial charge in [-0.2, -0.15) is 0 Å². The zero-order valence-corrected chi connectivity index (χ0v) is 26.0. The molecule has 0 aliphatic carbocycles. The smallest absolute Gasteiger partial charge is 0.227 e. The van der Waals surface area contributed by atoms with Crippen molar-refractivity contribution in [2.24, 2.45) is 0 Å². The second-order valence-electron chi connectivity index (χ2n) is 10.2. The zero-order valence-electron chi connectivity index (χ0n) is 26.0. The van der Waals surface area contributed by atoms with E-state index in [-0.39, 0.29) is 29.8 Å². The highest BCUT2D eigenvalue weighted by Crippen LogP contribution is 2.42. The molecule has 0 bridgehead atoms. The number of amides is 1. The maximum Gasteiger partial charge on any atom is 0.227 e. The molecule has 9 heteroatoms. The number of methoxy groups -OCH3 is 1. The molecule has 0 N–H and O–H groups in total. The predicted molar refractivity (Wildman–Crippen MR) is 163 cm³/mol. The van der Waals surface area contributed by atoms with Crippen molar-refractivity contribution in [3.05, 3.63) is 59.5 Å². The van der Waals surface area contributed by atoms with Crippen LogP contribution in [0.4, 0.5) is 10.1 Å². The van der Waals surface area contributed by atoms with E-state index in [9.17, 15) is 9.18 Å². The normalized spacial score (nSPS) is 20.2. The van der Waals surface area contributed by atoms with Crippen LogP contribution in [0.5, 0.6) is 5.75 Å². The summed E-state index contributed by atoms with van der Waals surface area (Å²) in [4.78, 5) is 20.0. The average Bonchev–Trinajstić information content (AvgIpc) is 3.68. The molecule has 2 saturated heterocycles. The minimum atomic E-state index is -0.501. The van der Waals surface area contributed by atoms with Gasteiger partial charge in [-0.3, -0.25) is 4.79 Å². The molecular formula is C33H43FN4O4. The van der Waals surface area contributed by atoms with Crippen molar-refractivity contribution < 1.29 is 23.2 Å². The van der Waals surface area contributed by atoms with E-state index in [1.54, 1.807) is 17.0 Å². The monoisotopic (exact) mass is 578 g/mol. The number of imidazole rings is 1. The van der Waals surface area contributed by atoms with Crippen molar-refractivity contribution in [2.75, 3.05) is 18.6 Å². The van der Waals surface area contributed by atoms with Crippen LogP contribution in [0.25, 0.3) is 22.2 Å². The molecule has 2 unspecified atom stereocenters. The first-order valence-corrected chi connectivity index (χ1v) is 15.1. The quantitative estimate of drug-likeness (QED) is 0.238. The van der Waals surface area contributed by atoms with E-state index in [1.807, 2.05) is 41.5 Å². The molecule has 4 aromatic rings.